The Kier molecular flexibility index (Phi) is 5.48. The van der Waals surface area contributed by atoms with Crippen LogP contribution in [0.1, 0.15) is 40.9 Å². The van der Waals surface area contributed by atoms with Crippen molar-refractivity contribution in [1.29, 1.82) is 0 Å². The average molecular weight is 377 g/mol. The molecule has 4 rings (SSSR count). The molecule has 6 nitrogen and oxygen atoms in total. The topological polar surface area (TPSA) is 79.3 Å². The highest BCUT2D eigenvalue weighted by Crippen LogP contribution is 2.13. The molecular formula is C22H25N4O2+. The number of amides is 1. The number of H-pyrrole nitrogens is 1. The van der Waals surface area contributed by atoms with Crippen molar-refractivity contribution in [2.45, 2.75) is 32.4 Å². The quantitative estimate of drug-likeness (QED) is 0.629. The van der Waals surface area contributed by atoms with Crippen LogP contribution < -0.4 is 15.8 Å². The van der Waals surface area contributed by atoms with Crippen LogP contribution in [0.25, 0.3) is 10.8 Å². The molecule has 1 aromatic heterocycles. The van der Waals surface area contributed by atoms with Gasteiger partial charge >= 0.3 is 0 Å². The molecule has 1 aliphatic heterocycles. The normalized spacial score (nSPS) is 14.9. The number of rotatable bonds is 5. The van der Waals surface area contributed by atoms with Gasteiger partial charge in [-0.3, -0.25) is 9.59 Å². The number of nitrogens with zero attached hydrogens (tertiary/aromatic N) is 1. The van der Waals surface area contributed by atoms with Gasteiger partial charge in [-0.1, -0.05) is 42.5 Å². The minimum Gasteiger partial charge on any atom is -0.347 e. The van der Waals surface area contributed by atoms with Crippen molar-refractivity contribution in [2.24, 2.45) is 0 Å². The average Bonchev–Trinajstić information content (AvgIpc) is 2.74. The molecule has 3 N–H and O–H groups in total. The van der Waals surface area contributed by atoms with E-state index in [0.29, 0.717) is 17.3 Å². The second-order valence-corrected chi connectivity index (χ2v) is 7.39. The van der Waals surface area contributed by atoms with Gasteiger partial charge in [-0.2, -0.15) is 5.10 Å². The predicted molar refractivity (Wildman–Crippen MR) is 108 cm³/mol. The van der Waals surface area contributed by atoms with Crippen LogP contribution >= 0.6 is 0 Å². The highest BCUT2D eigenvalue weighted by atomic mass is 16.2. The molecular weight excluding hydrogens is 352 g/mol. The van der Waals surface area contributed by atoms with E-state index >= 15 is 0 Å². The van der Waals surface area contributed by atoms with Crippen LogP contribution in [0.4, 0.5) is 0 Å². The Morgan fingerprint density at radius 2 is 1.64 bits per heavy atom. The first kappa shape index (κ1) is 18.4. The minimum absolute atomic E-state index is 0.245. The number of nitrogens with one attached hydrogen (secondary N) is 3. The number of aromatic nitrogens is 2. The van der Waals surface area contributed by atoms with Gasteiger partial charge in [0.1, 0.15) is 6.54 Å². The third kappa shape index (κ3) is 3.97. The summed E-state index contributed by atoms with van der Waals surface area (Å²) in [6, 6.07) is 15.3. The molecule has 0 atom stereocenters. The third-order valence-corrected chi connectivity index (χ3v) is 5.47. The molecule has 0 spiro atoms. The lowest BCUT2D eigenvalue weighted by Gasteiger charge is -2.24. The molecule has 2 heterocycles. The lowest BCUT2D eigenvalue weighted by molar-refractivity contribution is -0.918. The zero-order valence-corrected chi connectivity index (χ0v) is 15.8. The maximum absolute atomic E-state index is 12.7. The zero-order chi connectivity index (χ0) is 19.3. The molecule has 28 heavy (non-hydrogen) atoms. The van der Waals surface area contributed by atoms with Crippen LogP contribution in [0.5, 0.6) is 0 Å². The second-order valence-electron chi connectivity index (χ2n) is 7.39. The minimum atomic E-state index is -0.290. The first-order valence-electron chi connectivity index (χ1n) is 9.88. The number of fused-ring (bicyclic) bond motifs is 1. The largest absolute Gasteiger partial charge is 0.347 e. The molecule has 1 saturated heterocycles. The van der Waals surface area contributed by atoms with Gasteiger partial charge < -0.3 is 10.2 Å². The standard InChI is InChI=1S/C22H24N4O2/c27-21-19-11-5-4-10-18(19)20(24-25-21)22(28)23-14-16-8-2-3-9-17(16)15-26-12-6-1-7-13-26/h2-5,8-11H,1,6-7,12-15H2,(H,23,28)(H,25,27)/p+1. The maximum Gasteiger partial charge on any atom is 0.272 e. The molecule has 0 radical (unpaired) electrons. The van der Waals surface area contributed by atoms with Crippen molar-refractivity contribution in [3.05, 3.63) is 75.7 Å². The fourth-order valence-electron chi connectivity index (χ4n) is 3.95. The molecule has 1 aliphatic rings. The summed E-state index contributed by atoms with van der Waals surface area (Å²) in [5, 5.41) is 10.4. The Morgan fingerprint density at radius 3 is 2.43 bits per heavy atom. The number of carbonyl (C=O) groups excluding carboxylic acids is 1. The number of piperidine rings is 1. The van der Waals surface area contributed by atoms with Gasteiger partial charge in [-0.15, -0.1) is 0 Å². The fourth-order valence-corrected chi connectivity index (χ4v) is 3.95. The van der Waals surface area contributed by atoms with E-state index in [2.05, 4.69) is 33.7 Å². The van der Waals surface area contributed by atoms with E-state index in [-0.39, 0.29) is 17.2 Å². The number of benzene rings is 2. The van der Waals surface area contributed by atoms with Gasteiger partial charge in [0.25, 0.3) is 11.5 Å². The Balaban J connectivity index is 1.50. The Hall–Kier alpha value is -2.99. The summed E-state index contributed by atoms with van der Waals surface area (Å²) >= 11 is 0. The third-order valence-electron chi connectivity index (χ3n) is 5.47. The van der Waals surface area contributed by atoms with Crippen LogP contribution in [-0.4, -0.2) is 29.2 Å². The molecule has 6 heteroatoms. The van der Waals surface area contributed by atoms with Crippen LogP contribution in [0.15, 0.2) is 53.3 Å². The van der Waals surface area contributed by atoms with E-state index < -0.39 is 0 Å². The molecule has 1 amide bonds. The summed E-state index contributed by atoms with van der Waals surface area (Å²) in [6.45, 7) is 3.87. The molecule has 144 valence electrons. The van der Waals surface area contributed by atoms with Gasteiger partial charge in [0.05, 0.1) is 18.5 Å². The molecule has 0 aliphatic carbocycles. The van der Waals surface area contributed by atoms with E-state index in [9.17, 15) is 9.59 Å². The Labute approximate surface area is 163 Å². The SMILES string of the molecule is O=C(NCc1ccccc1C[NH+]1CCCCC1)c1n[nH]c(=O)c2ccccc12. The second kappa shape index (κ2) is 8.35. The number of aromatic amines is 1. The van der Waals surface area contributed by atoms with Crippen molar-refractivity contribution in [3.63, 3.8) is 0 Å². The number of likely N-dealkylation sites (tertiary alicyclic amines) is 1. The van der Waals surface area contributed by atoms with E-state index in [1.807, 2.05) is 6.07 Å². The molecule has 3 aromatic rings. The van der Waals surface area contributed by atoms with Crippen molar-refractivity contribution in [1.82, 2.24) is 15.5 Å². The monoisotopic (exact) mass is 377 g/mol. The molecule has 0 bridgehead atoms. The highest BCUT2D eigenvalue weighted by molar-refractivity contribution is 6.04. The van der Waals surface area contributed by atoms with Gasteiger partial charge in [-0.05, 0) is 30.9 Å². The summed E-state index contributed by atoms with van der Waals surface area (Å²) in [4.78, 5) is 26.3. The van der Waals surface area contributed by atoms with Crippen LogP contribution in [-0.2, 0) is 13.1 Å². The summed E-state index contributed by atoms with van der Waals surface area (Å²) in [5.41, 5.74) is 2.36. The van der Waals surface area contributed by atoms with Crippen molar-refractivity contribution < 1.29 is 9.69 Å². The lowest BCUT2D eigenvalue weighted by atomic mass is 10.0. The molecule has 0 saturated carbocycles. The summed E-state index contributed by atoms with van der Waals surface area (Å²) in [7, 11) is 0. The van der Waals surface area contributed by atoms with Gasteiger partial charge in [-0.25, -0.2) is 5.10 Å². The first-order chi connectivity index (χ1) is 13.7. The van der Waals surface area contributed by atoms with E-state index in [1.165, 1.54) is 37.9 Å². The Bertz CT molecular complexity index is 1040. The smallest absolute Gasteiger partial charge is 0.272 e. The van der Waals surface area contributed by atoms with Crippen LogP contribution in [0.2, 0.25) is 0 Å². The van der Waals surface area contributed by atoms with Crippen molar-refractivity contribution in [3.8, 4) is 0 Å². The molecule has 1 fully saturated rings. The van der Waals surface area contributed by atoms with Crippen LogP contribution in [0, 0.1) is 0 Å². The Morgan fingerprint density at radius 1 is 0.964 bits per heavy atom. The van der Waals surface area contributed by atoms with Gasteiger partial charge in [0.15, 0.2) is 5.69 Å². The molecule has 0 unspecified atom stereocenters. The number of hydrogen-bond donors (Lipinski definition) is 3. The lowest BCUT2D eigenvalue weighted by Crippen LogP contribution is -3.11. The summed E-state index contributed by atoms with van der Waals surface area (Å²) in [5.74, 6) is -0.285. The van der Waals surface area contributed by atoms with Gasteiger partial charge in [0, 0.05) is 17.5 Å². The summed E-state index contributed by atoms with van der Waals surface area (Å²) < 4.78 is 0. The van der Waals surface area contributed by atoms with Crippen molar-refractivity contribution in [2.75, 3.05) is 13.1 Å². The van der Waals surface area contributed by atoms with Crippen molar-refractivity contribution >= 4 is 16.7 Å². The maximum atomic E-state index is 12.7. The predicted octanol–water partition coefficient (Wildman–Crippen LogP) is 1.42. The fraction of sp³-hybridized carbons (Fsp3) is 0.318. The van der Waals surface area contributed by atoms with Gasteiger partial charge in [0.2, 0.25) is 0 Å². The zero-order valence-electron chi connectivity index (χ0n) is 15.8. The number of quaternary nitrogens is 1. The van der Waals surface area contributed by atoms with E-state index in [1.54, 1.807) is 29.2 Å². The van der Waals surface area contributed by atoms with Crippen LogP contribution in [0.3, 0.4) is 0 Å². The number of carbonyl (C=O) groups is 1. The number of hydrogen-bond acceptors (Lipinski definition) is 3. The highest BCUT2D eigenvalue weighted by Gasteiger charge is 2.17. The molecule has 2 aromatic carbocycles. The first-order valence-corrected chi connectivity index (χ1v) is 9.88. The summed E-state index contributed by atoms with van der Waals surface area (Å²) in [6.07, 6.45) is 3.92. The van der Waals surface area contributed by atoms with E-state index in [4.69, 9.17) is 0 Å². The van der Waals surface area contributed by atoms with E-state index in [0.717, 1.165) is 12.1 Å².